The van der Waals surface area contributed by atoms with Crippen LogP contribution in [0.1, 0.15) is 41.7 Å². The molecule has 9 nitrogen and oxygen atoms in total. The van der Waals surface area contributed by atoms with Gasteiger partial charge in [-0.2, -0.15) is 5.10 Å². The molecule has 0 atom stereocenters. The molecule has 37 heavy (non-hydrogen) atoms. The van der Waals surface area contributed by atoms with Crippen molar-refractivity contribution in [3.63, 3.8) is 0 Å². The van der Waals surface area contributed by atoms with Gasteiger partial charge >= 0.3 is 5.97 Å². The van der Waals surface area contributed by atoms with E-state index in [0.717, 1.165) is 59.5 Å². The first-order chi connectivity index (χ1) is 17.9. The average Bonchev–Trinajstić information content (AvgIpc) is 3.31. The second-order valence-corrected chi connectivity index (χ2v) is 9.22. The summed E-state index contributed by atoms with van der Waals surface area (Å²) in [5, 5.41) is 17.7. The van der Waals surface area contributed by atoms with Crippen LogP contribution in [-0.4, -0.2) is 52.1 Å². The molecule has 0 aliphatic heterocycles. The number of hydrogen-bond donors (Lipinski definition) is 2. The van der Waals surface area contributed by atoms with Crippen LogP contribution in [0.25, 0.3) is 16.6 Å². The number of fused-ring (bicyclic) bond motifs is 1. The number of aryl methyl sites for hydroxylation is 1. The minimum Gasteiger partial charge on any atom is -0.496 e. The molecule has 1 saturated carbocycles. The lowest BCUT2D eigenvalue weighted by atomic mass is 9.95. The average molecular weight is 503 g/mol. The fraction of sp³-hybridized carbons (Fsp3) is 0.321. The topological polar surface area (TPSA) is 107 Å². The predicted octanol–water partition coefficient (Wildman–Crippen LogP) is 4.93. The maximum atomic E-state index is 11.9. The number of aromatic nitrogens is 3. The van der Waals surface area contributed by atoms with Gasteiger partial charge in [0, 0.05) is 35.3 Å². The number of carbonyl (C=O) groups is 1. The Morgan fingerprint density at radius 1 is 1.05 bits per heavy atom. The fourth-order valence-corrected chi connectivity index (χ4v) is 4.63. The zero-order valence-electron chi connectivity index (χ0n) is 21.1. The molecule has 0 bridgehead atoms. The number of benzene rings is 1. The van der Waals surface area contributed by atoms with E-state index in [-0.39, 0.29) is 12.2 Å². The van der Waals surface area contributed by atoms with Gasteiger partial charge in [-0.3, -0.25) is 4.98 Å². The van der Waals surface area contributed by atoms with Crippen molar-refractivity contribution in [2.24, 2.45) is 0 Å². The van der Waals surface area contributed by atoms with Crippen LogP contribution >= 0.6 is 0 Å². The van der Waals surface area contributed by atoms with Gasteiger partial charge in [0.25, 0.3) is 0 Å². The molecule has 192 valence electrons. The lowest BCUT2D eigenvalue weighted by Gasteiger charge is -2.27. The molecule has 3 aromatic heterocycles. The van der Waals surface area contributed by atoms with Gasteiger partial charge in [0.2, 0.25) is 0 Å². The molecule has 9 heteroatoms. The number of aliphatic hydroxyl groups excluding tert-OH is 1. The van der Waals surface area contributed by atoms with Gasteiger partial charge in [0.1, 0.15) is 17.1 Å². The Balaban J connectivity index is 1.40. The number of hydrogen-bond acceptors (Lipinski definition) is 8. The number of ether oxygens (including phenoxy) is 3. The van der Waals surface area contributed by atoms with Crippen molar-refractivity contribution in [1.82, 2.24) is 14.6 Å². The second kappa shape index (κ2) is 10.5. The summed E-state index contributed by atoms with van der Waals surface area (Å²) >= 11 is 0. The third kappa shape index (κ3) is 5.36. The molecule has 0 saturated heterocycles. The number of esters is 1. The van der Waals surface area contributed by atoms with Crippen LogP contribution in [-0.2, 0) is 4.74 Å². The monoisotopic (exact) mass is 502 g/mol. The predicted molar refractivity (Wildman–Crippen MR) is 140 cm³/mol. The van der Waals surface area contributed by atoms with Crippen LogP contribution in [0.2, 0.25) is 0 Å². The summed E-state index contributed by atoms with van der Waals surface area (Å²) in [6, 6.07) is 13.2. The lowest BCUT2D eigenvalue weighted by molar-refractivity contribution is 0.0597. The van der Waals surface area contributed by atoms with Gasteiger partial charge in [0.05, 0.1) is 38.1 Å². The van der Waals surface area contributed by atoms with E-state index in [1.807, 2.05) is 31.3 Å². The molecule has 0 unspecified atom stereocenters. The Bertz CT molecular complexity index is 1430. The Morgan fingerprint density at radius 3 is 2.62 bits per heavy atom. The van der Waals surface area contributed by atoms with Gasteiger partial charge in [0.15, 0.2) is 5.82 Å². The summed E-state index contributed by atoms with van der Waals surface area (Å²) in [7, 11) is 2.84. The molecule has 4 aromatic rings. The molecule has 1 aromatic carbocycles. The van der Waals surface area contributed by atoms with E-state index in [1.165, 1.54) is 14.2 Å². The van der Waals surface area contributed by atoms with Crippen LogP contribution < -0.4 is 14.8 Å². The van der Waals surface area contributed by atoms with E-state index in [1.54, 1.807) is 28.9 Å². The largest absolute Gasteiger partial charge is 0.496 e. The minimum atomic E-state index is -0.459. The fourth-order valence-electron chi connectivity index (χ4n) is 4.63. The van der Waals surface area contributed by atoms with E-state index in [9.17, 15) is 9.90 Å². The van der Waals surface area contributed by atoms with Crippen LogP contribution in [0, 0.1) is 6.92 Å². The van der Waals surface area contributed by atoms with Crippen LogP contribution in [0.4, 0.5) is 11.5 Å². The summed E-state index contributed by atoms with van der Waals surface area (Å²) in [5.74, 6) is 1.34. The Hall–Kier alpha value is -4.11. The van der Waals surface area contributed by atoms with Crippen molar-refractivity contribution in [2.45, 2.75) is 44.8 Å². The molecule has 2 N–H and O–H groups in total. The quantitative estimate of drug-likeness (QED) is 0.343. The SMILES string of the molecule is COC(=O)c1ccc(Nc2cc3cc(-c4cc(C)ncc4OC4CCC(O)CC4)ccn3n2)cc1OC. The standard InChI is InChI=1S/C28H30N4O5/c1-17-12-24(26(16-29-17)37-22-7-5-21(33)6-8-22)18-10-11-32-20(13-18)15-27(31-32)30-19-4-9-23(28(34)36-3)25(14-19)35-2/h4,9-16,21-22,33H,5-8H2,1-3H3,(H,30,31). The van der Waals surface area contributed by atoms with Crippen LogP contribution in [0.3, 0.4) is 0 Å². The van der Waals surface area contributed by atoms with Gasteiger partial charge in [-0.1, -0.05) is 0 Å². The number of carbonyl (C=O) groups excluding carboxylic acids is 1. The van der Waals surface area contributed by atoms with Crippen molar-refractivity contribution < 1.29 is 24.1 Å². The number of methoxy groups -OCH3 is 2. The highest BCUT2D eigenvalue weighted by molar-refractivity contribution is 5.93. The Labute approximate surface area is 215 Å². The first-order valence-electron chi connectivity index (χ1n) is 12.3. The number of anilines is 2. The summed E-state index contributed by atoms with van der Waals surface area (Å²) in [5.41, 5.74) is 4.86. The van der Waals surface area contributed by atoms with E-state index in [4.69, 9.17) is 14.2 Å². The lowest BCUT2D eigenvalue weighted by Crippen LogP contribution is -2.26. The smallest absolute Gasteiger partial charge is 0.341 e. The third-order valence-corrected chi connectivity index (χ3v) is 6.60. The highest BCUT2D eigenvalue weighted by Gasteiger charge is 2.22. The van der Waals surface area contributed by atoms with E-state index < -0.39 is 5.97 Å². The number of nitrogens with one attached hydrogen (secondary N) is 1. The molecule has 1 aliphatic rings. The van der Waals surface area contributed by atoms with Crippen LogP contribution in [0.5, 0.6) is 11.5 Å². The maximum Gasteiger partial charge on any atom is 0.341 e. The van der Waals surface area contributed by atoms with E-state index >= 15 is 0 Å². The highest BCUT2D eigenvalue weighted by atomic mass is 16.5. The number of pyridine rings is 2. The zero-order chi connectivity index (χ0) is 25.9. The maximum absolute atomic E-state index is 11.9. The highest BCUT2D eigenvalue weighted by Crippen LogP contribution is 2.34. The van der Waals surface area contributed by atoms with Crippen molar-refractivity contribution in [1.29, 1.82) is 0 Å². The summed E-state index contributed by atoms with van der Waals surface area (Å²) in [6.45, 7) is 1.96. The summed E-state index contributed by atoms with van der Waals surface area (Å²) in [6.07, 6.45) is 6.72. The first-order valence-corrected chi connectivity index (χ1v) is 12.3. The molecule has 1 aliphatic carbocycles. The molecule has 0 amide bonds. The number of aliphatic hydroxyl groups is 1. The van der Waals surface area contributed by atoms with Crippen molar-refractivity contribution >= 4 is 23.0 Å². The second-order valence-electron chi connectivity index (χ2n) is 9.22. The minimum absolute atomic E-state index is 0.0729. The van der Waals surface area contributed by atoms with E-state index in [2.05, 4.69) is 21.5 Å². The summed E-state index contributed by atoms with van der Waals surface area (Å²) in [4.78, 5) is 16.4. The molecule has 1 fully saturated rings. The van der Waals surface area contributed by atoms with Gasteiger partial charge < -0.3 is 24.6 Å². The Morgan fingerprint density at radius 2 is 1.86 bits per heavy atom. The van der Waals surface area contributed by atoms with Crippen molar-refractivity contribution in [3.8, 4) is 22.6 Å². The molecule has 0 spiro atoms. The van der Waals surface area contributed by atoms with E-state index in [0.29, 0.717) is 17.1 Å². The zero-order valence-corrected chi connectivity index (χ0v) is 21.1. The van der Waals surface area contributed by atoms with Gasteiger partial charge in [-0.15, -0.1) is 0 Å². The normalized spacial score (nSPS) is 17.4. The molecule has 5 rings (SSSR count). The molecule has 0 radical (unpaired) electrons. The number of nitrogens with zero attached hydrogens (tertiary/aromatic N) is 3. The number of rotatable bonds is 7. The molecular weight excluding hydrogens is 472 g/mol. The van der Waals surface area contributed by atoms with Crippen molar-refractivity contribution in [2.75, 3.05) is 19.5 Å². The Kier molecular flexibility index (Phi) is 6.96. The van der Waals surface area contributed by atoms with Gasteiger partial charge in [-0.05, 0) is 68.5 Å². The molecular formula is C28H30N4O5. The summed E-state index contributed by atoms with van der Waals surface area (Å²) < 4.78 is 18.3. The first kappa shape index (κ1) is 24.6. The third-order valence-electron chi connectivity index (χ3n) is 6.60. The van der Waals surface area contributed by atoms with Crippen LogP contribution in [0.15, 0.2) is 54.9 Å². The molecule has 3 heterocycles. The van der Waals surface area contributed by atoms with Gasteiger partial charge in [-0.25, -0.2) is 9.31 Å². The van der Waals surface area contributed by atoms with Crippen molar-refractivity contribution in [3.05, 3.63) is 66.1 Å².